The first-order chi connectivity index (χ1) is 9.85. The molecule has 1 saturated heterocycles. The molecule has 118 valence electrons. The minimum absolute atomic E-state index is 0.410. The van der Waals surface area contributed by atoms with Crippen molar-refractivity contribution in [1.82, 2.24) is 5.32 Å². The zero-order chi connectivity index (χ0) is 14.2. The molecule has 1 aliphatic carbocycles. The summed E-state index contributed by atoms with van der Waals surface area (Å²) in [6, 6.07) is 0.515. The number of hydrogen-bond acceptors (Lipinski definition) is 3. The first-order valence-corrected chi connectivity index (χ1v) is 8.71. The summed E-state index contributed by atoms with van der Waals surface area (Å²) in [4.78, 5) is 0. The summed E-state index contributed by atoms with van der Waals surface area (Å²) in [6.45, 7) is 4.87. The van der Waals surface area contributed by atoms with E-state index in [0.717, 1.165) is 31.7 Å². The van der Waals surface area contributed by atoms with Crippen molar-refractivity contribution in [2.45, 2.75) is 70.4 Å². The minimum Gasteiger partial charge on any atom is -0.381 e. The molecule has 1 saturated carbocycles. The Balaban J connectivity index is 1.92. The molecule has 1 N–H and O–H groups in total. The molecule has 2 atom stereocenters. The van der Waals surface area contributed by atoms with Crippen molar-refractivity contribution in [3.63, 3.8) is 0 Å². The van der Waals surface area contributed by atoms with Crippen LogP contribution in [-0.2, 0) is 9.47 Å². The van der Waals surface area contributed by atoms with Crippen LogP contribution in [0.3, 0.4) is 0 Å². The molecule has 2 unspecified atom stereocenters. The van der Waals surface area contributed by atoms with E-state index >= 15 is 0 Å². The Hall–Kier alpha value is -0.120. The van der Waals surface area contributed by atoms with Crippen molar-refractivity contribution in [2.24, 2.45) is 11.8 Å². The Labute approximate surface area is 124 Å². The zero-order valence-corrected chi connectivity index (χ0v) is 13.4. The number of ether oxygens (including phenoxy) is 2. The molecule has 20 heavy (non-hydrogen) atoms. The van der Waals surface area contributed by atoms with Crippen molar-refractivity contribution in [3.05, 3.63) is 0 Å². The van der Waals surface area contributed by atoms with Crippen LogP contribution >= 0.6 is 0 Å². The molecule has 0 radical (unpaired) electrons. The van der Waals surface area contributed by atoms with Crippen LogP contribution in [0.1, 0.15) is 58.3 Å². The van der Waals surface area contributed by atoms with E-state index in [1.54, 1.807) is 0 Å². The van der Waals surface area contributed by atoms with E-state index in [1.165, 1.54) is 51.4 Å². The molecule has 0 aromatic heterocycles. The molecular weight excluding hydrogens is 250 g/mol. The molecule has 2 fully saturated rings. The molecule has 1 aliphatic heterocycles. The summed E-state index contributed by atoms with van der Waals surface area (Å²) in [7, 11) is 2.11. The van der Waals surface area contributed by atoms with Crippen LogP contribution < -0.4 is 5.32 Å². The van der Waals surface area contributed by atoms with Gasteiger partial charge in [0.25, 0.3) is 0 Å². The highest BCUT2D eigenvalue weighted by Crippen LogP contribution is 2.32. The Morgan fingerprint density at radius 1 is 1.10 bits per heavy atom. The van der Waals surface area contributed by atoms with Gasteiger partial charge in [0.1, 0.15) is 0 Å². The summed E-state index contributed by atoms with van der Waals surface area (Å²) in [5.74, 6) is 1.58. The molecule has 2 aliphatic rings. The van der Waals surface area contributed by atoms with Crippen molar-refractivity contribution < 1.29 is 9.47 Å². The molecule has 0 aromatic rings. The highest BCUT2D eigenvalue weighted by Gasteiger charge is 2.32. The van der Waals surface area contributed by atoms with E-state index in [4.69, 9.17) is 9.47 Å². The first kappa shape index (κ1) is 16.3. The number of hydrogen-bond donors (Lipinski definition) is 1. The van der Waals surface area contributed by atoms with E-state index in [0.29, 0.717) is 12.1 Å². The van der Waals surface area contributed by atoms with E-state index in [2.05, 4.69) is 19.3 Å². The predicted molar refractivity (Wildman–Crippen MR) is 83.0 cm³/mol. The normalized spacial score (nSPS) is 25.5. The summed E-state index contributed by atoms with van der Waals surface area (Å²) in [6.07, 6.45) is 11.0. The molecule has 3 heteroatoms. The molecule has 0 amide bonds. The molecular formula is C17H33NO2. The summed E-state index contributed by atoms with van der Waals surface area (Å²) in [5, 5.41) is 3.57. The van der Waals surface area contributed by atoms with Gasteiger partial charge in [-0.15, -0.1) is 0 Å². The summed E-state index contributed by atoms with van der Waals surface area (Å²) < 4.78 is 11.7. The van der Waals surface area contributed by atoms with Gasteiger partial charge in [-0.05, 0) is 57.9 Å². The fourth-order valence-electron chi connectivity index (χ4n) is 3.99. The van der Waals surface area contributed by atoms with Gasteiger partial charge in [-0.1, -0.05) is 19.3 Å². The Morgan fingerprint density at radius 2 is 1.80 bits per heavy atom. The Morgan fingerprint density at radius 3 is 2.40 bits per heavy atom. The third-order valence-corrected chi connectivity index (χ3v) is 5.17. The fourth-order valence-corrected chi connectivity index (χ4v) is 3.99. The van der Waals surface area contributed by atoms with E-state index in [-0.39, 0.29) is 0 Å². The highest BCUT2D eigenvalue weighted by atomic mass is 16.5. The molecule has 3 nitrogen and oxygen atoms in total. The molecule has 2 rings (SSSR count). The monoisotopic (exact) mass is 283 g/mol. The van der Waals surface area contributed by atoms with Crippen LogP contribution in [0.15, 0.2) is 0 Å². The topological polar surface area (TPSA) is 30.5 Å². The maximum atomic E-state index is 6.18. The maximum Gasteiger partial charge on any atom is 0.0755 e. The second kappa shape index (κ2) is 9.01. The smallest absolute Gasteiger partial charge is 0.0755 e. The van der Waals surface area contributed by atoms with Crippen LogP contribution in [0.25, 0.3) is 0 Å². The number of nitrogens with one attached hydrogen (secondary N) is 1. The molecule has 0 aromatic carbocycles. The van der Waals surface area contributed by atoms with Gasteiger partial charge in [0, 0.05) is 25.9 Å². The standard InChI is InChI=1S/C17H33NO2/c1-3-20-17(15-7-5-4-6-8-15)16(18-2)13-14-9-11-19-12-10-14/h14-18H,3-13H2,1-2H3. The lowest BCUT2D eigenvalue weighted by Gasteiger charge is -2.37. The van der Waals surface area contributed by atoms with Crippen LogP contribution in [0.2, 0.25) is 0 Å². The molecule has 1 heterocycles. The third kappa shape index (κ3) is 4.71. The lowest BCUT2D eigenvalue weighted by Crippen LogP contribution is -2.46. The maximum absolute atomic E-state index is 6.18. The van der Waals surface area contributed by atoms with Crippen LogP contribution in [0.5, 0.6) is 0 Å². The third-order valence-electron chi connectivity index (χ3n) is 5.17. The fraction of sp³-hybridized carbons (Fsp3) is 1.00. The van der Waals surface area contributed by atoms with Gasteiger partial charge in [0.2, 0.25) is 0 Å². The van der Waals surface area contributed by atoms with Gasteiger partial charge in [0.05, 0.1) is 6.10 Å². The van der Waals surface area contributed by atoms with E-state index < -0.39 is 0 Å². The second-order valence-electron chi connectivity index (χ2n) is 6.50. The molecule has 0 bridgehead atoms. The van der Waals surface area contributed by atoms with Gasteiger partial charge >= 0.3 is 0 Å². The summed E-state index contributed by atoms with van der Waals surface area (Å²) >= 11 is 0. The van der Waals surface area contributed by atoms with E-state index in [1.807, 2.05) is 0 Å². The molecule has 0 spiro atoms. The predicted octanol–water partition coefficient (Wildman–Crippen LogP) is 3.38. The largest absolute Gasteiger partial charge is 0.381 e. The highest BCUT2D eigenvalue weighted by molar-refractivity contribution is 4.86. The van der Waals surface area contributed by atoms with Gasteiger partial charge in [-0.2, -0.15) is 0 Å². The second-order valence-corrected chi connectivity index (χ2v) is 6.50. The lowest BCUT2D eigenvalue weighted by atomic mass is 9.79. The van der Waals surface area contributed by atoms with Crippen molar-refractivity contribution >= 4 is 0 Å². The number of likely N-dealkylation sites (N-methyl/N-ethyl adjacent to an activating group) is 1. The van der Waals surface area contributed by atoms with E-state index in [9.17, 15) is 0 Å². The van der Waals surface area contributed by atoms with Crippen molar-refractivity contribution in [1.29, 1.82) is 0 Å². The SMILES string of the molecule is CCOC(C1CCCCC1)C(CC1CCOCC1)NC. The minimum atomic E-state index is 0.410. The average molecular weight is 283 g/mol. The van der Waals surface area contributed by atoms with Crippen LogP contribution in [-0.4, -0.2) is 39.0 Å². The average Bonchev–Trinajstić information content (AvgIpc) is 2.52. The zero-order valence-electron chi connectivity index (χ0n) is 13.4. The van der Waals surface area contributed by atoms with Gasteiger partial charge in [-0.25, -0.2) is 0 Å². The number of rotatable bonds is 7. The summed E-state index contributed by atoms with van der Waals surface area (Å²) in [5.41, 5.74) is 0. The quantitative estimate of drug-likeness (QED) is 0.777. The van der Waals surface area contributed by atoms with Gasteiger partial charge < -0.3 is 14.8 Å². The van der Waals surface area contributed by atoms with Crippen molar-refractivity contribution in [3.8, 4) is 0 Å². The van der Waals surface area contributed by atoms with Crippen molar-refractivity contribution in [2.75, 3.05) is 26.9 Å². The van der Waals surface area contributed by atoms with Gasteiger partial charge in [0.15, 0.2) is 0 Å². The lowest BCUT2D eigenvalue weighted by molar-refractivity contribution is -0.0266. The Kier molecular flexibility index (Phi) is 7.32. The van der Waals surface area contributed by atoms with Crippen LogP contribution in [0, 0.1) is 11.8 Å². The Bertz CT molecular complexity index is 247. The first-order valence-electron chi connectivity index (χ1n) is 8.71. The van der Waals surface area contributed by atoms with Gasteiger partial charge in [-0.3, -0.25) is 0 Å². The van der Waals surface area contributed by atoms with Crippen LogP contribution in [0.4, 0.5) is 0 Å².